The topological polar surface area (TPSA) is 18.5 Å². The number of hydrogen-bond acceptors (Lipinski definition) is 2. The Morgan fingerprint density at radius 3 is 2.45 bits per heavy atom. The number of rotatable bonds is 8. The molecule has 0 aromatic heterocycles. The summed E-state index contributed by atoms with van der Waals surface area (Å²) in [4.78, 5) is 5.22. The first-order chi connectivity index (χ1) is 14.3. The highest BCUT2D eigenvalue weighted by molar-refractivity contribution is 7.80. The van der Waals surface area contributed by atoms with E-state index >= 15 is 0 Å². The molecule has 2 aliphatic heterocycles. The van der Waals surface area contributed by atoms with Crippen LogP contribution in [-0.2, 0) is 6.42 Å². The van der Waals surface area contributed by atoms with Gasteiger partial charge < -0.3 is 15.1 Å². The number of nitrogens with one attached hydrogen (secondary N) is 1. The van der Waals surface area contributed by atoms with Crippen molar-refractivity contribution < 1.29 is 0 Å². The Hall–Kier alpha value is -1.13. The zero-order valence-corrected chi connectivity index (χ0v) is 18.8. The Labute approximate surface area is 183 Å². The van der Waals surface area contributed by atoms with Gasteiger partial charge in [0.15, 0.2) is 5.11 Å². The van der Waals surface area contributed by atoms with Crippen molar-refractivity contribution in [3.05, 3.63) is 35.9 Å². The molecule has 1 aromatic rings. The fraction of sp³-hybridized carbons (Fsp3) is 0.720. The van der Waals surface area contributed by atoms with Crippen molar-refractivity contribution in [2.24, 2.45) is 11.8 Å². The van der Waals surface area contributed by atoms with Gasteiger partial charge in [0.05, 0.1) is 6.04 Å². The van der Waals surface area contributed by atoms with Crippen molar-refractivity contribution in [2.75, 3.05) is 32.7 Å². The molecule has 4 heteroatoms. The molecular formula is C25H39N3S. The molecule has 1 N–H and O–H groups in total. The van der Waals surface area contributed by atoms with Gasteiger partial charge in [-0.25, -0.2) is 0 Å². The van der Waals surface area contributed by atoms with Gasteiger partial charge in [-0.15, -0.1) is 0 Å². The maximum Gasteiger partial charge on any atom is 0.169 e. The minimum atomic E-state index is 0.512. The second kappa shape index (κ2) is 10.8. The molecule has 0 radical (unpaired) electrons. The zero-order valence-electron chi connectivity index (χ0n) is 18.0. The molecule has 4 rings (SSSR count). The molecule has 160 valence electrons. The lowest BCUT2D eigenvalue weighted by Crippen LogP contribution is -2.43. The molecule has 2 saturated heterocycles. The van der Waals surface area contributed by atoms with Crippen LogP contribution < -0.4 is 5.32 Å². The van der Waals surface area contributed by atoms with Gasteiger partial charge in [0, 0.05) is 13.1 Å². The van der Waals surface area contributed by atoms with Crippen LogP contribution in [0.2, 0.25) is 0 Å². The van der Waals surface area contributed by atoms with Crippen LogP contribution in [-0.4, -0.2) is 53.7 Å². The van der Waals surface area contributed by atoms with E-state index < -0.39 is 0 Å². The van der Waals surface area contributed by atoms with Gasteiger partial charge in [-0.05, 0) is 81.4 Å². The maximum atomic E-state index is 5.65. The van der Waals surface area contributed by atoms with Crippen LogP contribution in [0.4, 0.5) is 0 Å². The lowest BCUT2D eigenvalue weighted by Gasteiger charge is -2.36. The monoisotopic (exact) mass is 413 g/mol. The molecule has 3 fully saturated rings. The number of nitrogens with zero attached hydrogens (tertiary/aromatic N) is 2. The molecule has 0 bridgehead atoms. The minimum Gasteiger partial charge on any atom is -0.360 e. The van der Waals surface area contributed by atoms with Gasteiger partial charge >= 0.3 is 0 Å². The highest BCUT2D eigenvalue weighted by Gasteiger charge is 2.31. The molecule has 1 aliphatic carbocycles. The SMILES string of the molecule is S=C1NC[C@H](Cc2ccccc2)N1CC1CCN(CCCC2CCCCC2)CC1. The summed E-state index contributed by atoms with van der Waals surface area (Å²) in [5.74, 6) is 1.83. The number of benzene rings is 1. The van der Waals surface area contributed by atoms with E-state index in [1.54, 1.807) is 0 Å². The number of hydrogen-bond donors (Lipinski definition) is 1. The summed E-state index contributed by atoms with van der Waals surface area (Å²) in [6, 6.07) is 11.4. The van der Waals surface area contributed by atoms with Crippen LogP contribution in [0.5, 0.6) is 0 Å². The van der Waals surface area contributed by atoms with E-state index in [4.69, 9.17) is 12.2 Å². The second-order valence-corrected chi connectivity index (χ2v) is 10.00. The van der Waals surface area contributed by atoms with E-state index in [1.165, 1.54) is 83.0 Å². The third-order valence-electron chi connectivity index (χ3n) is 7.48. The van der Waals surface area contributed by atoms with Gasteiger partial charge in [-0.2, -0.15) is 0 Å². The first-order valence-corrected chi connectivity index (χ1v) is 12.5. The molecule has 0 amide bonds. The normalized spacial score (nSPS) is 24.8. The fourth-order valence-corrected chi connectivity index (χ4v) is 5.94. The van der Waals surface area contributed by atoms with Crippen LogP contribution in [0.15, 0.2) is 30.3 Å². The average molecular weight is 414 g/mol. The van der Waals surface area contributed by atoms with Crippen LogP contribution in [0.1, 0.15) is 63.4 Å². The van der Waals surface area contributed by atoms with E-state index in [1.807, 2.05) is 0 Å². The lowest BCUT2D eigenvalue weighted by molar-refractivity contribution is 0.155. The predicted octanol–water partition coefficient (Wildman–Crippen LogP) is 4.86. The minimum absolute atomic E-state index is 0.512. The quantitative estimate of drug-likeness (QED) is 0.613. The Balaban J connectivity index is 1.17. The van der Waals surface area contributed by atoms with Gasteiger partial charge in [0.2, 0.25) is 0 Å². The van der Waals surface area contributed by atoms with Crippen LogP contribution in [0, 0.1) is 11.8 Å². The fourth-order valence-electron chi connectivity index (χ4n) is 5.63. The maximum absolute atomic E-state index is 5.65. The molecular weight excluding hydrogens is 374 g/mol. The van der Waals surface area contributed by atoms with E-state index in [9.17, 15) is 0 Å². The molecule has 3 nitrogen and oxygen atoms in total. The summed E-state index contributed by atoms with van der Waals surface area (Å²) in [5, 5.41) is 4.42. The molecule has 0 spiro atoms. The molecule has 0 unspecified atom stereocenters. The van der Waals surface area contributed by atoms with Crippen molar-refractivity contribution in [3.63, 3.8) is 0 Å². The Kier molecular flexibility index (Phi) is 7.84. The molecule has 3 aliphatic rings. The van der Waals surface area contributed by atoms with Crippen molar-refractivity contribution in [1.82, 2.24) is 15.1 Å². The molecule has 29 heavy (non-hydrogen) atoms. The third-order valence-corrected chi connectivity index (χ3v) is 7.86. The van der Waals surface area contributed by atoms with E-state index in [2.05, 4.69) is 45.4 Å². The number of piperidine rings is 1. The van der Waals surface area contributed by atoms with Crippen molar-refractivity contribution in [2.45, 2.75) is 70.3 Å². The first-order valence-electron chi connectivity index (χ1n) is 12.1. The van der Waals surface area contributed by atoms with Crippen molar-refractivity contribution in [1.29, 1.82) is 0 Å². The Bertz CT molecular complexity index is 620. The van der Waals surface area contributed by atoms with Crippen LogP contribution >= 0.6 is 12.2 Å². The standard InChI is InChI=1S/C25H39N3S/c29-25-26-19-24(18-22-10-5-2-6-11-22)28(25)20-23-13-16-27(17-14-23)15-7-12-21-8-3-1-4-9-21/h2,5-6,10-11,21,23-24H,1,3-4,7-9,12-20H2,(H,26,29)/t24-/m0/s1. The molecule has 2 heterocycles. The zero-order chi connectivity index (χ0) is 19.9. The Morgan fingerprint density at radius 2 is 1.69 bits per heavy atom. The van der Waals surface area contributed by atoms with Crippen molar-refractivity contribution in [3.8, 4) is 0 Å². The van der Waals surface area contributed by atoms with Crippen molar-refractivity contribution >= 4 is 17.3 Å². The molecule has 1 atom stereocenters. The predicted molar refractivity (Wildman–Crippen MR) is 126 cm³/mol. The summed E-state index contributed by atoms with van der Waals surface area (Å²) in [6.07, 6.45) is 14.1. The third kappa shape index (κ3) is 6.18. The summed E-state index contributed by atoms with van der Waals surface area (Å²) in [5.41, 5.74) is 1.42. The summed E-state index contributed by atoms with van der Waals surface area (Å²) >= 11 is 5.65. The second-order valence-electron chi connectivity index (χ2n) is 9.61. The molecule has 1 aromatic carbocycles. The summed E-state index contributed by atoms with van der Waals surface area (Å²) in [6.45, 7) is 6.02. The van der Waals surface area contributed by atoms with Crippen LogP contribution in [0.3, 0.4) is 0 Å². The number of thiocarbonyl (C=S) groups is 1. The number of likely N-dealkylation sites (tertiary alicyclic amines) is 1. The van der Waals surface area contributed by atoms with Gasteiger partial charge in [-0.3, -0.25) is 0 Å². The smallest absolute Gasteiger partial charge is 0.169 e. The van der Waals surface area contributed by atoms with Gasteiger partial charge in [0.25, 0.3) is 0 Å². The van der Waals surface area contributed by atoms with Gasteiger partial charge in [-0.1, -0.05) is 62.4 Å². The van der Waals surface area contributed by atoms with E-state index in [0.717, 1.165) is 36.5 Å². The van der Waals surface area contributed by atoms with E-state index in [0.29, 0.717) is 6.04 Å². The summed E-state index contributed by atoms with van der Waals surface area (Å²) < 4.78 is 0. The van der Waals surface area contributed by atoms with Gasteiger partial charge in [0.1, 0.15) is 0 Å². The summed E-state index contributed by atoms with van der Waals surface area (Å²) in [7, 11) is 0. The lowest BCUT2D eigenvalue weighted by atomic mass is 9.86. The highest BCUT2D eigenvalue weighted by Crippen LogP contribution is 2.28. The average Bonchev–Trinajstić information content (AvgIpc) is 3.10. The molecule has 1 saturated carbocycles. The Morgan fingerprint density at radius 1 is 0.931 bits per heavy atom. The van der Waals surface area contributed by atoms with Crippen LogP contribution in [0.25, 0.3) is 0 Å². The first kappa shape index (κ1) is 21.1. The highest BCUT2D eigenvalue weighted by atomic mass is 32.1. The van der Waals surface area contributed by atoms with E-state index in [-0.39, 0.29) is 0 Å². The largest absolute Gasteiger partial charge is 0.360 e.